The Morgan fingerprint density at radius 3 is 2.21 bits per heavy atom. The molecular formula is C9H16ClNO3. The Balaban J connectivity index is 4.11. The van der Waals surface area contributed by atoms with Gasteiger partial charge in [-0.1, -0.05) is 0 Å². The second-order valence-corrected chi connectivity index (χ2v) is 4.27. The zero-order chi connectivity index (χ0) is 11.4. The van der Waals surface area contributed by atoms with Crippen molar-refractivity contribution >= 4 is 23.5 Å². The first-order valence-corrected chi connectivity index (χ1v) is 4.85. The number of nitrogens with one attached hydrogen (secondary N) is 1. The van der Waals surface area contributed by atoms with Crippen molar-refractivity contribution in [2.45, 2.75) is 39.3 Å². The molecule has 0 aromatic heterocycles. The molecule has 0 radical (unpaired) electrons. The molecule has 1 amide bonds. The maximum Gasteiger partial charge on any atom is 0.408 e. The summed E-state index contributed by atoms with van der Waals surface area (Å²) in [7, 11) is 0. The fraction of sp³-hybridized carbons (Fsp3) is 0.778. The minimum absolute atomic E-state index is 0.0502. The van der Waals surface area contributed by atoms with Crippen molar-refractivity contribution in [3.63, 3.8) is 0 Å². The molecule has 0 aromatic carbocycles. The highest BCUT2D eigenvalue weighted by Gasteiger charge is 2.20. The minimum Gasteiger partial charge on any atom is -0.444 e. The van der Waals surface area contributed by atoms with Gasteiger partial charge >= 0.3 is 6.09 Å². The average molecular weight is 222 g/mol. The summed E-state index contributed by atoms with van der Waals surface area (Å²) in [6, 6.07) is -0.675. The summed E-state index contributed by atoms with van der Waals surface area (Å²) < 4.78 is 4.96. The zero-order valence-corrected chi connectivity index (χ0v) is 9.64. The van der Waals surface area contributed by atoms with Crippen molar-refractivity contribution in [3.05, 3.63) is 0 Å². The van der Waals surface area contributed by atoms with Crippen molar-refractivity contribution in [2.24, 2.45) is 0 Å². The van der Waals surface area contributed by atoms with E-state index in [0.717, 1.165) is 0 Å². The summed E-state index contributed by atoms with van der Waals surface area (Å²) in [4.78, 5) is 22.1. The molecule has 0 aliphatic heterocycles. The van der Waals surface area contributed by atoms with Crippen LogP contribution in [-0.2, 0) is 9.53 Å². The second kappa shape index (κ2) is 5.20. The van der Waals surface area contributed by atoms with E-state index in [9.17, 15) is 9.59 Å². The van der Waals surface area contributed by atoms with E-state index in [1.807, 2.05) is 0 Å². The van der Waals surface area contributed by atoms with Gasteiger partial charge in [-0.25, -0.2) is 4.79 Å². The number of rotatable bonds is 3. The quantitative estimate of drug-likeness (QED) is 0.739. The van der Waals surface area contributed by atoms with Gasteiger partial charge in [0.1, 0.15) is 11.6 Å². The number of ether oxygens (including phenoxy) is 1. The number of carbonyl (C=O) groups excluding carboxylic acids is 2. The third-order valence-electron chi connectivity index (χ3n) is 1.34. The number of halogens is 1. The van der Waals surface area contributed by atoms with Gasteiger partial charge in [0, 0.05) is 5.88 Å². The molecule has 0 saturated carbocycles. The van der Waals surface area contributed by atoms with Crippen LogP contribution >= 0.6 is 11.6 Å². The van der Waals surface area contributed by atoms with Crippen LogP contribution in [0, 0.1) is 0 Å². The summed E-state index contributed by atoms with van der Waals surface area (Å²) >= 11 is 5.49. The number of hydrogen-bond acceptors (Lipinski definition) is 3. The van der Waals surface area contributed by atoms with E-state index in [0.29, 0.717) is 0 Å². The van der Waals surface area contributed by atoms with E-state index in [4.69, 9.17) is 16.3 Å². The van der Waals surface area contributed by atoms with Crippen molar-refractivity contribution in [3.8, 4) is 0 Å². The molecule has 0 rings (SSSR count). The van der Waals surface area contributed by atoms with E-state index in [1.54, 1.807) is 20.8 Å². The maximum atomic E-state index is 11.2. The van der Waals surface area contributed by atoms with Crippen molar-refractivity contribution in [2.75, 3.05) is 5.88 Å². The predicted octanol–water partition coefficient (Wildman–Crippen LogP) is 1.71. The summed E-state index contributed by atoms with van der Waals surface area (Å²) in [5.74, 6) is -0.139. The molecule has 0 aliphatic carbocycles. The number of amides is 1. The molecule has 14 heavy (non-hydrogen) atoms. The highest BCUT2D eigenvalue weighted by Crippen LogP contribution is 2.06. The monoisotopic (exact) mass is 221 g/mol. The fourth-order valence-electron chi connectivity index (χ4n) is 0.699. The van der Waals surface area contributed by atoms with Crippen LogP contribution in [0.2, 0.25) is 0 Å². The molecule has 1 atom stereocenters. The molecule has 0 heterocycles. The Kier molecular flexibility index (Phi) is 4.91. The Hall–Kier alpha value is -0.770. The van der Waals surface area contributed by atoms with Gasteiger partial charge in [0.2, 0.25) is 0 Å². The first kappa shape index (κ1) is 13.2. The van der Waals surface area contributed by atoms with Gasteiger partial charge in [-0.05, 0) is 27.7 Å². The Labute approximate surface area is 88.9 Å². The first-order valence-electron chi connectivity index (χ1n) is 4.32. The lowest BCUT2D eigenvalue weighted by molar-refractivity contribution is -0.118. The molecule has 4 nitrogen and oxygen atoms in total. The van der Waals surface area contributed by atoms with E-state index in [-0.39, 0.29) is 11.7 Å². The Bertz CT molecular complexity index is 223. The summed E-state index contributed by atoms with van der Waals surface area (Å²) in [6.07, 6.45) is -0.627. The highest BCUT2D eigenvalue weighted by atomic mass is 35.5. The van der Waals surface area contributed by atoms with Crippen LogP contribution in [-0.4, -0.2) is 29.4 Å². The van der Waals surface area contributed by atoms with Crippen LogP contribution in [0.25, 0.3) is 0 Å². The van der Waals surface area contributed by atoms with E-state index >= 15 is 0 Å². The third-order valence-corrected chi connectivity index (χ3v) is 1.64. The molecule has 0 fully saturated rings. The van der Waals surface area contributed by atoms with Gasteiger partial charge in [-0.2, -0.15) is 0 Å². The van der Waals surface area contributed by atoms with Gasteiger partial charge in [-0.15, -0.1) is 11.6 Å². The molecular weight excluding hydrogens is 206 g/mol. The standard InChI is InChI=1S/C9H16ClNO3/c1-6(12)7(5-10)11-8(13)14-9(2,3)4/h7H,5H2,1-4H3,(H,11,13)/t7-/m1/s1. The van der Waals surface area contributed by atoms with E-state index < -0.39 is 17.7 Å². The first-order chi connectivity index (χ1) is 6.26. The zero-order valence-electron chi connectivity index (χ0n) is 8.89. The van der Waals surface area contributed by atoms with Crippen LogP contribution in [0.4, 0.5) is 4.79 Å². The largest absolute Gasteiger partial charge is 0.444 e. The normalized spacial score (nSPS) is 13.2. The Morgan fingerprint density at radius 1 is 1.43 bits per heavy atom. The molecule has 1 N–H and O–H groups in total. The molecule has 0 saturated heterocycles. The predicted molar refractivity (Wildman–Crippen MR) is 54.6 cm³/mol. The number of ketones is 1. The number of carbonyl (C=O) groups is 2. The topological polar surface area (TPSA) is 55.4 Å². The van der Waals surface area contributed by atoms with E-state index in [2.05, 4.69) is 5.32 Å². The van der Waals surface area contributed by atoms with Gasteiger partial charge in [0.25, 0.3) is 0 Å². The molecule has 0 unspecified atom stereocenters. The number of alkyl halides is 1. The van der Waals surface area contributed by atoms with Crippen LogP contribution in [0.3, 0.4) is 0 Å². The average Bonchev–Trinajstić information content (AvgIpc) is 1.96. The number of alkyl carbamates (subject to hydrolysis) is 1. The molecule has 0 aromatic rings. The molecule has 0 bridgehead atoms. The van der Waals surface area contributed by atoms with Crippen molar-refractivity contribution < 1.29 is 14.3 Å². The van der Waals surface area contributed by atoms with Gasteiger partial charge in [0.05, 0.1) is 0 Å². The lowest BCUT2D eigenvalue weighted by Gasteiger charge is -2.21. The molecule has 82 valence electrons. The van der Waals surface area contributed by atoms with Gasteiger partial charge in [-0.3, -0.25) is 4.79 Å². The van der Waals surface area contributed by atoms with Crippen molar-refractivity contribution in [1.82, 2.24) is 5.32 Å². The lowest BCUT2D eigenvalue weighted by Crippen LogP contribution is -2.43. The summed E-state index contributed by atoms with van der Waals surface area (Å²) in [5, 5.41) is 2.38. The van der Waals surface area contributed by atoms with Crippen molar-refractivity contribution in [1.29, 1.82) is 0 Å². The van der Waals surface area contributed by atoms with E-state index in [1.165, 1.54) is 6.92 Å². The highest BCUT2D eigenvalue weighted by molar-refractivity contribution is 6.20. The van der Waals surface area contributed by atoms with Crippen LogP contribution in [0.1, 0.15) is 27.7 Å². The number of hydrogen-bond donors (Lipinski definition) is 1. The number of Topliss-reactive ketones (excluding diaryl/α,β-unsaturated/α-hetero) is 1. The Morgan fingerprint density at radius 2 is 1.93 bits per heavy atom. The summed E-state index contributed by atoms with van der Waals surface area (Å²) in [6.45, 7) is 6.60. The molecule has 0 spiro atoms. The van der Waals surface area contributed by atoms with Crippen LogP contribution in [0.15, 0.2) is 0 Å². The maximum absolute atomic E-state index is 11.2. The van der Waals surface area contributed by atoms with Gasteiger partial charge in [0.15, 0.2) is 5.78 Å². The second-order valence-electron chi connectivity index (χ2n) is 3.96. The minimum atomic E-state index is -0.675. The third kappa shape index (κ3) is 5.80. The molecule has 0 aliphatic rings. The fourth-order valence-corrected chi connectivity index (χ4v) is 0.993. The SMILES string of the molecule is CC(=O)[C@@H](CCl)NC(=O)OC(C)(C)C. The lowest BCUT2D eigenvalue weighted by atomic mass is 10.2. The smallest absolute Gasteiger partial charge is 0.408 e. The van der Waals surface area contributed by atoms with Crippen LogP contribution in [0.5, 0.6) is 0 Å². The van der Waals surface area contributed by atoms with Crippen LogP contribution < -0.4 is 5.32 Å². The van der Waals surface area contributed by atoms with Gasteiger partial charge < -0.3 is 10.1 Å². The summed E-state index contributed by atoms with van der Waals surface area (Å²) in [5.41, 5.74) is -0.572. The molecule has 5 heteroatoms.